The number of alkyl halides is 3. The molecule has 0 saturated carbocycles. The van der Waals surface area contributed by atoms with Crippen LogP contribution in [0.3, 0.4) is 0 Å². The second-order valence-electron chi connectivity index (χ2n) is 4.63. The minimum Gasteiger partial charge on any atom is -0.497 e. The summed E-state index contributed by atoms with van der Waals surface area (Å²) in [5.41, 5.74) is 0.897. The summed E-state index contributed by atoms with van der Waals surface area (Å²) in [6.45, 7) is 0. The molecule has 9 heteroatoms. The van der Waals surface area contributed by atoms with Gasteiger partial charge in [-0.3, -0.25) is 4.57 Å². The number of fused-ring (bicyclic) bond motifs is 1. The van der Waals surface area contributed by atoms with E-state index in [-0.39, 0.29) is 17.0 Å². The number of hydrogen-bond acceptors (Lipinski definition) is 5. The molecule has 0 atom stereocenters. The monoisotopic (exact) mass is 323 g/mol. The van der Waals surface area contributed by atoms with Gasteiger partial charge in [0.15, 0.2) is 17.0 Å². The number of rotatable bonds is 3. The molecule has 0 spiro atoms. The Balaban J connectivity index is 2.26. The molecule has 2 heterocycles. The molecule has 0 unspecified atom stereocenters. The first-order valence-corrected chi connectivity index (χ1v) is 6.58. The zero-order chi connectivity index (χ0) is 16.6. The van der Waals surface area contributed by atoms with Crippen molar-refractivity contribution in [2.45, 2.75) is 6.18 Å². The summed E-state index contributed by atoms with van der Waals surface area (Å²) in [6.07, 6.45) is -3.25. The number of aromatic nitrogens is 4. The van der Waals surface area contributed by atoms with Crippen molar-refractivity contribution in [1.29, 1.82) is 0 Å². The molecule has 0 radical (unpaired) electrons. The maximum absolute atomic E-state index is 13.0. The highest BCUT2D eigenvalue weighted by Gasteiger charge is 2.36. The molecule has 0 aliphatic heterocycles. The smallest absolute Gasteiger partial charge is 0.451 e. The summed E-state index contributed by atoms with van der Waals surface area (Å²) >= 11 is 0. The van der Waals surface area contributed by atoms with Gasteiger partial charge in [0, 0.05) is 13.1 Å². The van der Waals surface area contributed by atoms with Gasteiger partial charge in [-0.2, -0.15) is 13.2 Å². The molecule has 0 bridgehead atoms. The minimum atomic E-state index is -4.65. The summed E-state index contributed by atoms with van der Waals surface area (Å²) in [4.78, 5) is 11.2. The number of imidazole rings is 1. The van der Waals surface area contributed by atoms with Gasteiger partial charge >= 0.3 is 6.18 Å². The van der Waals surface area contributed by atoms with Crippen LogP contribution in [-0.4, -0.2) is 33.7 Å². The summed E-state index contributed by atoms with van der Waals surface area (Å²) in [5, 5.41) is 2.62. The number of benzene rings is 1. The summed E-state index contributed by atoms with van der Waals surface area (Å²) in [5.74, 6) is -0.633. The molecule has 1 aromatic carbocycles. The van der Waals surface area contributed by atoms with Crippen molar-refractivity contribution in [3.63, 3.8) is 0 Å². The van der Waals surface area contributed by atoms with E-state index in [1.165, 1.54) is 25.1 Å². The normalized spacial score (nSPS) is 11.7. The molecule has 0 aliphatic carbocycles. The third-order valence-electron chi connectivity index (χ3n) is 3.22. The lowest BCUT2D eigenvalue weighted by molar-refractivity contribution is -0.144. The van der Waals surface area contributed by atoms with Crippen molar-refractivity contribution in [1.82, 2.24) is 19.5 Å². The molecule has 3 aromatic rings. The lowest BCUT2D eigenvalue weighted by Crippen LogP contribution is -2.13. The zero-order valence-electron chi connectivity index (χ0n) is 12.2. The lowest BCUT2D eigenvalue weighted by atomic mass is 10.3. The summed E-state index contributed by atoms with van der Waals surface area (Å²) in [6, 6.07) is 6.86. The second-order valence-corrected chi connectivity index (χ2v) is 4.63. The fourth-order valence-electron chi connectivity index (χ4n) is 2.15. The predicted octanol–water partition coefficient (Wildman–Crippen LogP) is 2.88. The van der Waals surface area contributed by atoms with Crippen LogP contribution in [0.15, 0.2) is 30.6 Å². The molecule has 0 aliphatic rings. The predicted molar refractivity (Wildman–Crippen MR) is 77.8 cm³/mol. The average Bonchev–Trinajstić information content (AvgIpc) is 2.97. The maximum atomic E-state index is 13.0. The van der Waals surface area contributed by atoms with Crippen LogP contribution in [0.4, 0.5) is 19.0 Å². The number of methoxy groups -OCH3 is 1. The molecule has 6 nitrogen and oxygen atoms in total. The van der Waals surface area contributed by atoms with Crippen LogP contribution in [0.5, 0.6) is 5.75 Å². The van der Waals surface area contributed by atoms with Crippen LogP contribution >= 0.6 is 0 Å². The Bertz CT molecular complexity index is 859. The highest BCUT2D eigenvalue weighted by atomic mass is 19.4. The quantitative estimate of drug-likeness (QED) is 0.803. The molecule has 3 rings (SSSR count). The number of nitrogens with one attached hydrogen (secondary N) is 1. The van der Waals surface area contributed by atoms with Gasteiger partial charge in [-0.05, 0) is 12.1 Å². The molecule has 0 fully saturated rings. The fraction of sp³-hybridized carbons (Fsp3) is 0.214. The highest BCUT2D eigenvalue weighted by Crippen LogP contribution is 2.30. The largest absolute Gasteiger partial charge is 0.497 e. The average molecular weight is 323 g/mol. The van der Waals surface area contributed by atoms with Crippen molar-refractivity contribution >= 4 is 17.0 Å². The van der Waals surface area contributed by atoms with E-state index in [0.717, 1.165) is 0 Å². The van der Waals surface area contributed by atoms with Gasteiger partial charge in [0.05, 0.1) is 12.8 Å². The topological polar surface area (TPSA) is 64.9 Å². The van der Waals surface area contributed by atoms with Crippen LogP contribution in [-0.2, 0) is 6.18 Å². The molecule has 2 aromatic heterocycles. The first-order chi connectivity index (χ1) is 10.9. The van der Waals surface area contributed by atoms with E-state index >= 15 is 0 Å². The third-order valence-corrected chi connectivity index (χ3v) is 3.22. The van der Waals surface area contributed by atoms with Gasteiger partial charge in [0.1, 0.15) is 12.1 Å². The Morgan fingerprint density at radius 3 is 2.65 bits per heavy atom. The molecular formula is C14H12F3N5O. The molecule has 1 N–H and O–H groups in total. The Kier molecular flexibility index (Phi) is 3.55. The van der Waals surface area contributed by atoms with E-state index in [2.05, 4.69) is 20.3 Å². The SMILES string of the molecule is CNc1nc(C(F)(F)F)nc2c1ncn2-c1cccc(OC)c1. The van der Waals surface area contributed by atoms with Crippen LogP contribution < -0.4 is 10.1 Å². The molecule has 23 heavy (non-hydrogen) atoms. The van der Waals surface area contributed by atoms with Gasteiger partial charge in [0.2, 0.25) is 5.82 Å². The van der Waals surface area contributed by atoms with Crippen LogP contribution in [0.2, 0.25) is 0 Å². The lowest BCUT2D eigenvalue weighted by Gasteiger charge is -2.10. The Labute approximate surface area is 129 Å². The van der Waals surface area contributed by atoms with E-state index in [9.17, 15) is 13.2 Å². The van der Waals surface area contributed by atoms with Gasteiger partial charge < -0.3 is 10.1 Å². The van der Waals surface area contributed by atoms with Crippen molar-refractivity contribution in [3.8, 4) is 11.4 Å². The molecular weight excluding hydrogens is 311 g/mol. The third kappa shape index (κ3) is 2.65. The van der Waals surface area contributed by atoms with E-state index in [1.807, 2.05) is 0 Å². The number of hydrogen-bond donors (Lipinski definition) is 1. The second kappa shape index (κ2) is 5.41. The van der Waals surface area contributed by atoms with E-state index in [1.54, 1.807) is 24.3 Å². The van der Waals surface area contributed by atoms with Gasteiger partial charge in [-0.15, -0.1) is 0 Å². The molecule has 0 saturated heterocycles. The first kappa shape index (κ1) is 15.1. The Morgan fingerprint density at radius 1 is 1.22 bits per heavy atom. The van der Waals surface area contributed by atoms with Crippen LogP contribution in [0.1, 0.15) is 5.82 Å². The van der Waals surface area contributed by atoms with E-state index < -0.39 is 12.0 Å². The summed E-state index contributed by atoms with van der Waals surface area (Å²) < 4.78 is 45.5. The van der Waals surface area contributed by atoms with Crippen molar-refractivity contribution in [3.05, 3.63) is 36.4 Å². The Morgan fingerprint density at radius 2 is 2.00 bits per heavy atom. The molecule has 0 amide bonds. The van der Waals surface area contributed by atoms with Crippen molar-refractivity contribution < 1.29 is 17.9 Å². The minimum absolute atomic E-state index is 0.0176. The van der Waals surface area contributed by atoms with Gasteiger partial charge in [-0.1, -0.05) is 6.07 Å². The van der Waals surface area contributed by atoms with E-state index in [0.29, 0.717) is 11.4 Å². The van der Waals surface area contributed by atoms with Gasteiger partial charge in [0.25, 0.3) is 0 Å². The number of nitrogens with zero attached hydrogens (tertiary/aromatic N) is 4. The summed E-state index contributed by atoms with van der Waals surface area (Å²) in [7, 11) is 2.99. The number of anilines is 1. The highest BCUT2D eigenvalue weighted by molar-refractivity contribution is 5.84. The standard InChI is InChI=1S/C14H12F3N5O/c1-18-11-10-12(21-13(20-11)14(15,16)17)22(7-19-10)8-4-3-5-9(6-8)23-2/h3-7H,1-2H3,(H,18,20,21). The van der Waals surface area contributed by atoms with Crippen LogP contribution in [0.25, 0.3) is 16.9 Å². The Hall–Kier alpha value is -2.84. The fourth-order valence-corrected chi connectivity index (χ4v) is 2.15. The first-order valence-electron chi connectivity index (χ1n) is 6.58. The van der Waals surface area contributed by atoms with Crippen LogP contribution in [0, 0.1) is 0 Å². The molecule has 120 valence electrons. The van der Waals surface area contributed by atoms with E-state index in [4.69, 9.17) is 4.74 Å². The van der Waals surface area contributed by atoms with Crippen molar-refractivity contribution in [2.75, 3.05) is 19.5 Å². The maximum Gasteiger partial charge on any atom is 0.451 e. The van der Waals surface area contributed by atoms with Crippen molar-refractivity contribution in [2.24, 2.45) is 0 Å². The van der Waals surface area contributed by atoms with Gasteiger partial charge in [-0.25, -0.2) is 15.0 Å². The zero-order valence-corrected chi connectivity index (χ0v) is 12.2. The number of halogens is 3. The number of ether oxygens (including phenoxy) is 1.